The smallest absolute Gasteiger partial charge is 0.142 e. The van der Waals surface area contributed by atoms with Gasteiger partial charge in [0, 0.05) is 30.9 Å². The zero-order chi connectivity index (χ0) is 15.1. The van der Waals surface area contributed by atoms with Gasteiger partial charge in [-0.05, 0) is 32.9 Å². The Balaban J connectivity index is 2.09. The average molecular weight is 289 g/mol. The molecule has 0 aliphatic rings. The third-order valence-electron chi connectivity index (χ3n) is 3.06. The Morgan fingerprint density at radius 1 is 1.14 bits per heavy atom. The molecule has 1 N–H and O–H groups in total. The van der Waals surface area contributed by atoms with Crippen molar-refractivity contribution in [3.05, 3.63) is 36.2 Å². The van der Waals surface area contributed by atoms with Crippen LogP contribution in [0, 0.1) is 0 Å². The SMILES string of the molecule is CCOc1ccc(OCC)c(NCc2cnn(CC)c2)c1. The van der Waals surface area contributed by atoms with Crippen molar-refractivity contribution >= 4 is 5.69 Å². The van der Waals surface area contributed by atoms with E-state index in [1.165, 1.54) is 0 Å². The molecule has 0 aliphatic heterocycles. The van der Waals surface area contributed by atoms with Gasteiger partial charge in [0.05, 0.1) is 25.1 Å². The number of aryl methyl sites for hydroxylation is 1. The third kappa shape index (κ3) is 4.15. The van der Waals surface area contributed by atoms with Crippen LogP contribution in [0.15, 0.2) is 30.6 Å². The van der Waals surface area contributed by atoms with Crippen molar-refractivity contribution in [2.75, 3.05) is 18.5 Å². The number of aromatic nitrogens is 2. The summed E-state index contributed by atoms with van der Waals surface area (Å²) in [6.07, 6.45) is 3.92. The lowest BCUT2D eigenvalue weighted by atomic mass is 10.2. The number of ether oxygens (including phenoxy) is 2. The molecule has 5 heteroatoms. The van der Waals surface area contributed by atoms with Crippen LogP contribution in [-0.2, 0) is 13.1 Å². The first kappa shape index (κ1) is 15.2. The molecule has 5 nitrogen and oxygen atoms in total. The lowest BCUT2D eigenvalue weighted by Gasteiger charge is -2.13. The second-order valence-corrected chi connectivity index (χ2v) is 4.58. The highest BCUT2D eigenvalue weighted by Gasteiger charge is 2.06. The molecule has 1 aromatic heterocycles. The molecule has 2 rings (SSSR count). The average Bonchev–Trinajstić information content (AvgIpc) is 2.96. The summed E-state index contributed by atoms with van der Waals surface area (Å²) >= 11 is 0. The predicted molar refractivity (Wildman–Crippen MR) is 84.0 cm³/mol. The third-order valence-corrected chi connectivity index (χ3v) is 3.06. The first-order valence-electron chi connectivity index (χ1n) is 7.41. The fraction of sp³-hybridized carbons (Fsp3) is 0.438. The molecule has 2 aromatic rings. The normalized spacial score (nSPS) is 10.4. The van der Waals surface area contributed by atoms with Crippen LogP contribution in [0.2, 0.25) is 0 Å². The quantitative estimate of drug-likeness (QED) is 0.810. The van der Waals surface area contributed by atoms with Gasteiger partial charge >= 0.3 is 0 Å². The lowest BCUT2D eigenvalue weighted by molar-refractivity contribution is 0.332. The molecule has 0 spiro atoms. The van der Waals surface area contributed by atoms with Gasteiger partial charge < -0.3 is 14.8 Å². The van der Waals surface area contributed by atoms with E-state index in [2.05, 4.69) is 17.3 Å². The minimum Gasteiger partial charge on any atom is -0.494 e. The van der Waals surface area contributed by atoms with E-state index in [0.29, 0.717) is 19.8 Å². The van der Waals surface area contributed by atoms with Crippen LogP contribution >= 0.6 is 0 Å². The summed E-state index contributed by atoms with van der Waals surface area (Å²) in [4.78, 5) is 0. The molecule has 0 aliphatic carbocycles. The van der Waals surface area contributed by atoms with Gasteiger partial charge in [0.25, 0.3) is 0 Å². The van der Waals surface area contributed by atoms with Gasteiger partial charge in [-0.15, -0.1) is 0 Å². The summed E-state index contributed by atoms with van der Waals surface area (Å²) in [5.74, 6) is 1.68. The van der Waals surface area contributed by atoms with Gasteiger partial charge in [-0.25, -0.2) is 0 Å². The van der Waals surface area contributed by atoms with Gasteiger partial charge in [-0.1, -0.05) is 0 Å². The molecule has 0 saturated carbocycles. The van der Waals surface area contributed by atoms with E-state index in [1.54, 1.807) is 0 Å². The second kappa shape index (κ2) is 7.57. The highest BCUT2D eigenvalue weighted by Crippen LogP contribution is 2.29. The van der Waals surface area contributed by atoms with Gasteiger partial charge in [0.1, 0.15) is 11.5 Å². The molecule has 0 amide bonds. The molecule has 0 unspecified atom stereocenters. The van der Waals surface area contributed by atoms with Crippen molar-refractivity contribution in [1.82, 2.24) is 9.78 Å². The van der Waals surface area contributed by atoms with Crippen LogP contribution in [0.4, 0.5) is 5.69 Å². The van der Waals surface area contributed by atoms with E-state index in [0.717, 1.165) is 29.3 Å². The standard InChI is InChI=1S/C16H23N3O2/c1-4-19-12-13(11-18-19)10-17-15-9-14(20-5-2)7-8-16(15)21-6-3/h7-9,11-12,17H,4-6,10H2,1-3H3. The first-order valence-corrected chi connectivity index (χ1v) is 7.41. The van der Waals surface area contributed by atoms with Gasteiger partial charge in [0.2, 0.25) is 0 Å². The number of anilines is 1. The summed E-state index contributed by atoms with van der Waals surface area (Å²) in [6.45, 7) is 8.89. The number of rotatable bonds is 8. The zero-order valence-electron chi connectivity index (χ0n) is 12.9. The molecule has 1 heterocycles. The predicted octanol–water partition coefficient (Wildman–Crippen LogP) is 3.31. The fourth-order valence-electron chi connectivity index (χ4n) is 2.05. The summed E-state index contributed by atoms with van der Waals surface area (Å²) < 4.78 is 13.1. The largest absolute Gasteiger partial charge is 0.494 e. The number of nitrogens with one attached hydrogen (secondary N) is 1. The fourth-order valence-corrected chi connectivity index (χ4v) is 2.05. The topological polar surface area (TPSA) is 48.3 Å². The van der Waals surface area contributed by atoms with E-state index >= 15 is 0 Å². The molecular weight excluding hydrogens is 266 g/mol. The Bertz CT molecular complexity index is 566. The second-order valence-electron chi connectivity index (χ2n) is 4.58. The van der Waals surface area contributed by atoms with Gasteiger partial charge in [-0.3, -0.25) is 4.68 Å². The van der Waals surface area contributed by atoms with Crippen LogP contribution in [-0.4, -0.2) is 23.0 Å². The Morgan fingerprint density at radius 3 is 2.62 bits per heavy atom. The summed E-state index contributed by atoms with van der Waals surface area (Å²) in [5.41, 5.74) is 2.08. The summed E-state index contributed by atoms with van der Waals surface area (Å²) in [7, 11) is 0. The van der Waals surface area contributed by atoms with Crippen LogP contribution in [0.1, 0.15) is 26.3 Å². The number of hydrogen-bond acceptors (Lipinski definition) is 4. The van der Waals surface area contributed by atoms with E-state index in [-0.39, 0.29) is 0 Å². The Kier molecular flexibility index (Phi) is 5.49. The van der Waals surface area contributed by atoms with Crippen LogP contribution in [0.3, 0.4) is 0 Å². The molecule has 0 radical (unpaired) electrons. The number of hydrogen-bond donors (Lipinski definition) is 1. The van der Waals surface area contributed by atoms with Crippen molar-refractivity contribution in [2.45, 2.75) is 33.9 Å². The van der Waals surface area contributed by atoms with Crippen LogP contribution < -0.4 is 14.8 Å². The highest BCUT2D eigenvalue weighted by molar-refractivity contribution is 5.59. The lowest BCUT2D eigenvalue weighted by Crippen LogP contribution is -2.03. The van der Waals surface area contributed by atoms with Crippen molar-refractivity contribution < 1.29 is 9.47 Å². The molecule has 0 saturated heterocycles. The molecule has 114 valence electrons. The van der Waals surface area contributed by atoms with Crippen LogP contribution in [0.5, 0.6) is 11.5 Å². The molecule has 21 heavy (non-hydrogen) atoms. The zero-order valence-corrected chi connectivity index (χ0v) is 12.9. The maximum atomic E-state index is 5.65. The molecule has 0 atom stereocenters. The van der Waals surface area contributed by atoms with Crippen molar-refractivity contribution in [3.8, 4) is 11.5 Å². The summed E-state index contributed by atoms with van der Waals surface area (Å²) in [6, 6.07) is 5.83. The van der Waals surface area contributed by atoms with Crippen molar-refractivity contribution in [3.63, 3.8) is 0 Å². The van der Waals surface area contributed by atoms with Crippen LogP contribution in [0.25, 0.3) is 0 Å². The van der Waals surface area contributed by atoms with Gasteiger partial charge in [-0.2, -0.15) is 5.10 Å². The highest BCUT2D eigenvalue weighted by atomic mass is 16.5. The van der Waals surface area contributed by atoms with E-state index < -0.39 is 0 Å². The summed E-state index contributed by atoms with van der Waals surface area (Å²) in [5, 5.41) is 7.67. The van der Waals surface area contributed by atoms with Crippen molar-refractivity contribution in [2.24, 2.45) is 0 Å². The Hall–Kier alpha value is -2.17. The van der Waals surface area contributed by atoms with Crippen molar-refractivity contribution in [1.29, 1.82) is 0 Å². The van der Waals surface area contributed by atoms with E-state index in [9.17, 15) is 0 Å². The maximum Gasteiger partial charge on any atom is 0.142 e. The molecular formula is C16H23N3O2. The Morgan fingerprint density at radius 2 is 1.95 bits per heavy atom. The maximum absolute atomic E-state index is 5.65. The number of nitrogens with zero attached hydrogens (tertiary/aromatic N) is 2. The minimum absolute atomic E-state index is 0.635. The molecule has 1 aromatic carbocycles. The minimum atomic E-state index is 0.635. The Labute approximate surface area is 125 Å². The van der Waals surface area contributed by atoms with Gasteiger partial charge in [0.15, 0.2) is 0 Å². The van der Waals surface area contributed by atoms with E-state index in [4.69, 9.17) is 9.47 Å². The van der Waals surface area contributed by atoms with E-state index in [1.807, 2.05) is 49.1 Å². The number of benzene rings is 1. The monoisotopic (exact) mass is 289 g/mol. The molecule has 0 fully saturated rings. The molecule has 0 bridgehead atoms. The first-order chi connectivity index (χ1) is 10.3.